The van der Waals surface area contributed by atoms with Gasteiger partial charge in [-0.25, -0.2) is 4.79 Å². The summed E-state index contributed by atoms with van der Waals surface area (Å²) in [6.07, 6.45) is 0.401. The Morgan fingerprint density at radius 3 is 2.03 bits per heavy atom. The van der Waals surface area contributed by atoms with Gasteiger partial charge in [-0.2, -0.15) is 0 Å². The molecule has 2 aromatic carbocycles. The summed E-state index contributed by atoms with van der Waals surface area (Å²) in [6.45, 7) is 17.6. The Morgan fingerprint density at radius 2 is 1.51 bits per heavy atom. The molecule has 214 valence electrons. The molecule has 0 aliphatic rings. The molecule has 2 aromatic rings. The molecule has 0 aliphatic carbocycles. The Bertz CT molecular complexity index is 1090. The molecular weight excluding hydrogens is 490 g/mol. The quantitative estimate of drug-likeness (QED) is 0.356. The molecule has 0 spiro atoms. The molecule has 0 bridgehead atoms. The van der Waals surface area contributed by atoms with Crippen LogP contribution in [0.2, 0.25) is 0 Å². The fourth-order valence-corrected chi connectivity index (χ4v) is 4.66. The van der Waals surface area contributed by atoms with Crippen molar-refractivity contribution in [2.24, 2.45) is 5.92 Å². The fourth-order valence-electron chi connectivity index (χ4n) is 4.66. The van der Waals surface area contributed by atoms with Crippen molar-refractivity contribution in [3.05, 3.63) is 70.8 Å². The van der Waals surface area contributed by atoms with E-state index in [1.807, 2.05) is 90.1 Å². The highest BCUT2D eigenvalue weighted by atomic mass is 16.6. The lowest BCUT2D eigenvalue weighted by Gasteiger charge is -2.39. The maximum atomic E-state index is 14.4. The monoisotopic (exact) mass is 537 g/mol. The standard InChI is InChI=1S/C32H47N3O4/c1-10-24(6)35(30(37)26(19-21(2)3)34-31(38)39-32(7,8)9)28(27-22(4)15-14-16-23(27)5)29(36)33-20-25-17-12-11-13-18-25/h11-18,21,24,26,28H,10,19-20H2,1-9H3,(H,33,36)(H,34,38). The van der Waals surface area contributed by atoms with Gasteiger partial charge in [-0.1, -0.05) is 69.3 Å². The van der Waals surface area contributed by atoms with E-state index in [4.69, 9.17) is 4.74 Å². The van der Waals surface area contributed by atoms with Gasteiger partial charge >= 0.3 is 6.09 Å². The Kier molecular flexibility index (Phi) is 11.6. The van der Waals surface area contributed by atoms with Gasteiger partial charge in [0.1, 0.15) is 17.7 Å². The lowest BCUT2D eigenvalue weighted by Crippen LogP contribution is -2.56. The lowest BCUT2D eigenvalue weighted by atomic mass is 9.91. The van der Waals surface area contributed by atoms with E-state index in [1.165, 1.54) is 0 Å². The van der Waals surface area contributed by atoms with Gasteiger partial charge < -0.3 is 20.3 Å². The van der Waals surface area contributed by atoms with Crippen LogP contribution >= 0.6 is 0 Å². The van der Waals surface area contributed by atoms with Crippen LogP contribution in [-0.2, 0) is 20.9 Å². The molecule has 0 saturated carbocycles. The Morgan fingerprint density at radius 1 is 0.923 bits per heavy atom. The van der Waals surface area contributed by atoms with Crippen molar-refractivity contribution in [1.29, 1.82) is 0 Å². The van der Waals surface area contributed by atoms with Crippen LogP contribution in [0.3, 0.4) is 0 Å². The first kappa shape index (κ1) is 31.9. The highest BCUT2D eigenvalue weighted by Crippen LogP contribution is 2.31. The average Bonchev–Trinajstić information content (AvgIpc) is 2.84. The van der Waals surface area contributed by atoms with Gasteiger partial charge in [0.2, 0.25) is 11.8 Å². The molecule has 0 saturated heterocycles. The minimum atomic E-state index is -0.868. The van der Waals surface area contributed by atoms with Crippen LogP contribution in [0.4, 0.5) is 4.79 Å². The fraction of sp³-hybridized carbons (Fsp3) is 0.531. The molecule has 0 heterocycles. The molecule has 0 aromatic heterocycles. The topological polar surface area (TPSA) is 87.7 Å². The molecule has 3 unspecified atom stereocenters. The minimum Gasteiger partial charge on any atom is -0.444 e. The number of aryl methyl sites for hydroxylation is 2. The predicted molar refractivity (Wildman–Crippen MR) is 156 cm³/mol. The first-order valence-corrected chi connectivity index (χ1v) is 13.9. The minimum absolute atomic E-state index is 0.123. The van der Waals surface area contributed by atoms with E-state index in [2.05, 4.69) is 10.6 Å². The van der Waals surface area contributed by atoms with Crippen LogP contribution in [-0.4, -0.2) is 40.5 Å². The number of ether oxygens (including phenoxy) is 1. The molecule has 0 fully saturated rings. The zero-order chi connectivity index (χ0) is 29.3. The highest BCUT2D eigenvalue weighted by Gasteiger charge is 2.39. The number of hydrogen-bond acceptors (Lipinski definition) is 4. The second-order valence-corrected chi connectivity index (χ2v) is 11.7. The molecule has 2 rings (SSSR count). The molecule has 7 nitrogen and oxygen atoms in total. The molecule has 3 amide bonds. The zero-order valence-electron chi connectivity index (χ0n) is 25.1. The van der Waals surface area contributed by atoms with E-state index in [0.717, 1.165) is 22.3 Å². The van der Waals surface area contributed by atoms with Gasteiger partial charge in [0.15, 0.2) is 0 Å². The van der Waals surface area contributed by atoms with Gasteiger partial charge in [0.25, 0.3) is 0 Å². The first-order valence-electron chi connectivity index (χ1n) is 13.9. The number of nitrogens with zero attached hydrogens (tertiary/aromatic N) is 1. The largest absolute Gasteiger partial charge is 0.444 e. The first-order chi connectivity index (χ1) is 18.2. The van der Waals surface area contributed by atoms with Gasteiger partial charge in [0.05, 0.1) is 0 Å². The van der Waals surface area contributed by atoms with Crippen LogP contribution in [0.25, 0.3) is 0 Å². The van der Waals surface area contributed by atoms with Crippen LogP contribution in [0.15, 0.2) is 48.5 Å². The van der Waals surface area contributed by atoms with Gasteiger partial charge in [-0.05, 0) is 82.6 Å². The molecule has 2 N–H and O–H groups in total. The Hall–Kier alpha value is -3.35. The van der Waals surface area contributed by atoms with Crippen molar-refractivity contribution in [3.8, 4) is 0 Å². The molecule has 3 atom stereocenters. The third-order valence-corrected chi connectivity index (χ3v) is 6.67. The predicted octanol–water partition coefficient (Wildman–Crippen LogP) is 6.23. The molecular formula is C32H47N3O4. The van der Waals surface area contributed by atoms with Crippen LogP contribution in [0.5, 0.6) is 0 Å². The van der Waals surface area contributed by atoms with Crippen molar-refractivity contribution < 1.29 is 19.1 Å². The summed E-state index contributed by atoms with van der Waals surface area (Å²) < 4.78 is 5.48. The number of carbonyl (C=O) groups excluding carboxylic acids is 3. The van der Waals surface area contributed by atoms with E-state index >= 15 is 0 Å². The smallest absolute Gasteiger partial charge is 0.408 e. The van der Waals surface area contributed by atoms with Crippen LogP contribution < -0.4 is 10.6 Å². The Labute approximate surface area is 234 Å². The summed E-state index contributed by atoms with van der Waals surface area (Å²) in [6, 6.07) is 13.6. The molecule has 0 aliphatic heterocycles. The van der Waals surface area contributed by atoms with E-state index < -0.39 is 23.8 Å². The van der Waals surface area contributed by atoms with Crippen molar-refractivity contribution in [2.75, 3.05) is 0 Å². The number of rotatable bonds is 11. The van der Waals surface area contributed by atoms with E-state index in [-0.39, 0.29) is 23.8 Å². The summed E-state index contributed by atoms with van der Waals surface area (Å²) >= 11 is 0. The summed E-state index contributed by atoms with van der Waals surface area (Å²) in [5.41, 5.74) is 2.92. The Balaban J connectivity index is 2.57. The van der Waals surface area contributed by atoms with Crippen molar-refractivity contribution in [3.63, 3.8) is 0 Å². The number of hydrogen-bond donors (Lipinski definition) is 2. The number of alkyl carbamates (subject to hydrolysis) is 1. The SMILES string of the molecule is CCC(C)N(C(=O)C(CC(C)C)NC(=O)OC(C)(C)C)C(C(=O)NCc1ccccc1)c1c(C)cccc1C. The van der Waals surface area contributed by atoms with E-state index in [1.54, 1.807) is 25.7 Å². The number of amides is 3. The maximum Gasteiger partial charge on any atom is 0.408 e. The summed E-state index contributed by atoms with van der Waals surface area (Å²) in [5, 5.41) is 5.89. The van der Waals surface area contributed by atoms with Gasteiger partial charge in [-0.15, -0.1) is 0 Å². The second kappa shape index (κ2) is 14.2. The van der Waals surface area contributed by atoms with Gasteiger partial charge in [0, 0.05) is 12.6 Å². The average molecular weight is 538 g/mol. The lowest BCUT2D eigenvalue weighted by molar-refractivity contribution is -0.145. The molecule has 0 radical (unpaired) electrons. The van der Waals surface area contributed by atoms with Crippen LogP contribution in [0, 0.1) is 19.8 Å². The normalized spacial score (nSPS) is 13.8. The van der Waals surface area contributed by atoms with Crippen LogP contribution in [0.1, 0.15) is 89.6 Å². The van der Waals surface area contributed by atoms with Crippen molar-refractivity contribution >= 4 is 17.9 Å². The maximum absolute atomic E-state index is 14.4. The number of nitrogens with one attached hydrogen (secondary N) is 2. The zero-order valence-corrected chi connectivity index (χ0v) is 25.1. The highest BCUT2D eigenvalue weighted by molar-refractivity contribution is 5.92. The molecule has 39 heavy (non-hydrogen) atoms. The van der Waals surface area contributed by atoms with Crippen molar-refractivity contribution in [2.45, 2.75) is 105 Å². The number of benzene rings is 2. The summed E-state index contributed by atoms with van der Waals surface area (Å²) in [5.74, 6) is -0.435. The van der Waals surface area contributed by atoms with Gasteiger partial charge in [-0.3, -0.25) is 9.59 Å². The van der Waals surface area contributed by atoms with Crippen molar-refractivity contribution in [1.82, 2.24) is 15.5 Å². The summed E-state index contributed by atoms with van der Waals surface area (Å²) in [4.78, 5) is 42.8. The second-order valence-electron chi connectivity index (χ2n) is 11.7. The van der Waals surface area contributed by atoms with E-state index in [0.29, 0.717) is 19.4 Å². The third kappa shape index (κ3) is 9.41. The summed E-state index contributed by atoms with van der Waals surface area (Å²) in [7, 11) is 0. The molecule has 7 heteroatoms. The third-order valence-electron chi connectivity index (χ3n) is 6.67. The van der Waals surface area contributed by atoms with E-state index in [9.17, 15) is 14.4 Å². The number of carbonyl (C=O) groups is 3.